The normalized spacial score (nSPS) is 35.0. The van der Waals surface area contributed by atoms with Gasteiger partial charge in [0, 0.05) is 18.1 Å². The van der Waals surface area contributed by atoms with Crippen LogP contribution >= 0.6 is 0 Å². The molecule has 0 radical (unpaired) electrons. The smallest absolute Gasteiger partial charge is 0.0587 e. The zero-order valence-electron chi connectivity index (χ0n) is 12.0. The molecule has 2 aliphatic rings. The molecule has 1 heterocycles. The first-order chi connectivity index (χ1) is 8.72. The minimum Gasteiger partial charge on any atom is -0.395 e. The van der Waals surface area contributed by atoms with E-state index in [9.17, 15) is 5.11 Å². The van der Waals surface area contributed by atoms with Crippen LogP contribution in [0.15, 0.2) is 0 Å². The highest BCUT2D eigenvalue weighted by molar-refractivity contribution is 4.93. The van der Waals surface area contributed by atoms with Crippen molar-refractivity contribution in [2.45, 2.75) is 70.5 Å². The van der Waals surface area contributed by atoms with E-state index in [0.29, 0.717) is 18.0 Å². The van der Waals surface area contributed by atoms with Gasteiger partial charge in [-0.25, -0.2) is 0 Å². The molecule has 0 aromatic carbocycles. The van der Waals surface area contributed by atoms with Gasteiger partial charge in [0.2, 0.25) is 0 Å². The molecule has 0 aromatic heterocycles. The van der Waals surface area contributed by atoms with Crippen LogP contribution in [0.25, 0.3) is 0 Å². The molecule has 0 spiro atoms. The summed E-state index contributed by atoms with van der Waals surface area (Å²) in [6, 6.07) is 1.59. The van der Waals surface area contributed by atoms with Gasteiger partial charge >= 0.3 is 0 Å². The summed E-state index contributed by atoms with van der Waals surface area (Å²) in [4.78, 5) is 0. The number of nitrogens with one attached hydrogen (secondary N) is 2. The highest BCUT2D eigenvalue weighted by Gasteiger charge is 2.35. The SMILES string of the molecule is CC(C)C(CO)NC1CCCC1C1CCCCN1. The van der Waals surface area contributed by atoms with E-state index in [1.165, 1.54) is 45.1 Å². The number of hydrogen-bond donors (Lipinski definition) is 3. The highest BCUT2D eigenvalue weighted by atomic mass is 16.3. The Labute approximate surface area is 112 Å². The van der Waals surface area contributed by atoms with Crippen LogP contribution < -0.4 is 10.6 Å². The Morgan fingerprint density at radius 2 is 2.00 bits per heavy atom. The average Bonchev–Trinajstić information content (AvgIpc) is 2.84. The van der Waals surface area contributed by atoms with Crippen molar-refractivity contribution in [1.82, 2.24) is 10.6 Å². The van der Waals surface area contributed by atoms with Crippen LogP contribution in [0.5, 0.6) is 0 Å². The topological polar surface area (TPSA) is 44.3 Å². The minimum absolute atomic E-state index is 0.263. The summed E-state index contributed by atoms with van der Waals surface area (Å²) in [5.41, 5.74) is 0. The van der Waals surface area contributed by atoms with E-state index in [0.717, 1.165) is 5.92 Å². The zero-order valence-corrected chi connectivity index (χ0v) is 12.0. The van der Waals surface area contributed by atoms with Crippen molar-refractivity contribution in [2.75, 3.05) is 13.2 Å². The fourth-order valence-corrected chi connectivity index (χ4v) is 3.65. The first-order valence-electron chi connectivity index (χ1n) is 7.82. The molecule has 3 heteroatoms. The number of rotatable bonds is 5. The van der Waals surface area contributed by atoms with Gasteiger partial charge in [-0.3, -0.25) is 0 Å². The third kappa shape index (κ3) is 3.46. The van der Waals surface area contributed by atoms with Crippen molar-refractivity contribution in [2.24, 2.45) is 11.8 Å². The van der Waals surface area contributed by atoms with Gasteiger partial charge in [-0.2, -0.15) is 0 Å². The van der Waals surface area contributed by atoms with Crippen LogP contribution in [-0.2, 0) is 0 Å². The van der Waals surface area contributed by atoms with Gasteiger partial charge in [-0.05, 0) is 44.1 Å². The molecule has 0 aromatic rings. The third-order valence-electron chi connectivity index (χ3n) is 4.86. The second-order valence-corrected chi connectivity index (χ2v) is 6.46. The van der Waals surface area contributed by atoms with E-state index in [2.05, 4.69) is 24.5 Å². The Hall–Kier alpha value is -0.120. The average molecular weight is 254 g/mol. The molecule has 4 unspecified atom stereocenters. The number of aliphatic hydroxyl groups excluding tert-OH is 1. The van der Waals surface area contributed by atoms with E-state index < -0.39 is 0 Å². The Bertz CT molecular complexity index is 239. The Kier molecular flexibility index (Phi) is 5.46. The molecule has 1 aliphatic heterocycles. The molecule has 1 saturated heterocycles. The maximum atomic E-state index is 9.48. The number of aliphatic hydroxyl groups is 1. The lowest BCUT2D eigenvalue weighted by Crippen LogP contribution is -2.51. The molecule has 1 aliphatic carbocycles. The standard InChI is InChI=1S/C15H30N2O/c1-11(2)15(10-18)17-14-8-5-6-12(14)13-7-3-4-9-16-13/h11-18H,3-10H2,1-2H3. The summed E-state index contributed by atoms with van der Waals surface area (Å²) in [5, 5.41) is 16.9. The van der Waals surface area contributed by atoms with Crippen LogP contribution in [-0.4, -0.2) is 36.4 Å². The fourth-order valence-electron chi connectivity index (χ4n) is 3.65. The van der Waals surface area contributed by atoms with Crippen LogP contribution in [0.2, 0.25) is 0 Å². The molecule has 2 rings (SSSR count). The van der Waals surface area contributed by atoms with Gasteiger partial charge < -0.3 is 15.7 Å². The lowest BCUT2D eigenvalue weighted by atomic mass is 9.87. The maximum Gasteiger partial charge on any atom is 0.0587 e. The molecule has 1 saturated carbocycles. The molecule has 3 nitrogen and oxygen atoms in total. The predicted octanol–water partition coefficient (Wildman–Crippen LogP) is 1.90. The fraction of sp³-hybridized carbons (Fsp3) is 1.00. The predicted molar refractivity (Wildman–Crippen MR) is 75.6 cm³/mol. The Balaban J connectivity index is 1.89. The van der Waals surface area contributed by atoms with Crippen molar-refractivity contribution < 1.29 is 5.11 Å². The number of hydrogen-bond acceptors (Lipinski definition) is 3. The van der Waals surface area contributed by atoms with E-state index >= 15 is 0 Å². The maximum absolute atomic E-state index is 9.48. The van der Waals surface area contributed by atoms with Crippen LogP contribution in [0.3, 0.4) is 0 Å². The van der Waals surface area contributed by atoms with E-state index in [-0.39, 0.29) is 12.6 Å². The largest absolute Gasteiger partial charge is 0.395 e. The van der Waals surface area contributed by atoms with Gasteiger partial charge in [0.1, 0.15) is 0 Å². The molecular weight excluding hydrogens is 224 g/mol. The van der Waals surface area contributed by atoms with Crippen LogP contribution in [0, 0.1) is 11.8 Å². The summed E-state index contributed by atoms with van der Waals surface area (Å²) >= 11 is 0. The second kappa shape index (κ2) is 6.88. The lowest BCUT2D eigenvalue weighted by Gasteiger charge is -2.35. The molecule has 3 N–H and O–H groups in total. The summed E-state index contributed by atoms with van der Waals surface area (Å²) < 4.78 is 0. The Morgan fingerprint density at radius 1 is 1.17 bits per heavy atom. The number of piperidine rings is 1. The van der Waals surface area contributed by atoms with Crippen LogP contribution in [0.4, 0.5) is 0 Å². The van der Waals surface area contributed by atoms with Crippen molar-refractivity contribution in [3.8, 4) is 0 Å². The van der Waals surface area contributed by atoms with Crippen molar-refractivity contribution in [1.29, 1.82) is 0 Å². The zero-order chi connectivity index (χ0) is 13.0. The summed E-state index contributed by atoms with van der Waals surface area (Å²) in [6.07, 6.45) is 8.05. The first-order valence-corrected chi connectivity index (χ1v) is 7.82. The molecule has 106 valence electrons. The molecule has 0 amide bonds. The molecule has 0 bridgehead atoms. The van der Waals surface area contributed by atoms with E-state index in [4.69, 9.17) is 0 Å². The van der Waals surface area contributed by atoms with Gasteiger partial charge in [-0.15, -0.1) is 0 Å². The molecule has 4 atom stereocenters. The lowest BCUT2D eigenvalue weighted by molar-refractivity contribution is 0.175. The van der Waals surface area contributed by atoms with Gasteiger partial charge in [0.15, 0.2) is 0 Å². The summed E-state index contributed by atoms with van der Waals surface area (Å²) in [6.45, 7) is 5.84. The summed E-state index contributed by atoms with van der Waals surface area (Å²) in [5.74, 6) is 1.29. The monoisotopic (exact) mass is 254 g/mol. The van der Waals surface area contributed by atoms with E-state index in [1.807, 2.05) is 0 Å². The van der Waals surface area contributed by atoms with E-state index in [1.54, 1.807) is 0 Å². The second-order valence-electron chi connectivity index (χ2n) is 6.46. The molecule has 2 fully saturated rings. The van der Waals surface area contributed by atoms with Gasteiger partial charge in [0.25, 0.3) is 0 Å². The Morgan fingerprint density at radius 3 is 2.61 bits per heavy atom. The molecule has 18 heavy (non-hydrogen) atoms. The van der Waals surface area contributed by atoms with Crippen molar-refractivity contribution >= 4 is 0 Å². The molecular formula is C15H30N2O. The first kappa shape index (κ1) is 14.3. The quantitative estimate of drug-likeness (QED) is 0.702. The third-order valence-corrected chi connectivity index (χ3v) is 4.86. The van der Waals surface area contributed by atoms with Crippen molar-refractivity contribution in [3.63, 3.8) is 0 Å². The van der Waals surface area contributed by atoms with Crippen LogP contribution in [0.1, 0.15) is 52.4 Å². The minimum atomic E-state index is 0.263. The van der Waals surface area contributed by atoms with Gasteiger partial charge in [-0.1, -0.05) is 26.7 Å². The van der Waals surface area contributed by atoms with Crippen molar-refractivity contribution in [3.05, 3.63) is 0 Å². The highest BCUT2D eigenvalue weighted by Crippen LogP contribution is 2.32. The summed E-state index contributed by atoms with van der Waals surface area (Å²) in [7, 11) is 0. The van der Waals surface area contributed by atoms with Gasteiger partial charge in [0.05, 0.1) is 6.61 Å².